The number of nitrogens with one attached hydrogen (secondary N) is 1. The van der Waals surface area contributed by atoms with Crippen LogP contribution < -0.4 is 5.32 Å². The Hall–Kier alpha value is -1.93. The lowest BCUT2D eigenvalue weighted by molar-refractivity contribution is -0.140. The molecule has 0 aliphatic carbocycles. The van der Waals surface area contributed by atoms with Crippen LogP contribution in [0.4, 0.5) is 0 Å². The topological polar surface area (TPSA) is 93.2 Å². The van der Waals surface area contributed by atoms with E-state index in [0.29, 0.717) is 12.1 Å². The van der Waals surface area contributed by atoms with Gasteiger partial charge in [0.2, 0.25) is 17.7 Å². The Kier molecular flexibility index (Phi) is 11.4. The molecule has 2 heterocycles. The molecule has 0 unspecified atom stereocenters. The summed E-state index contributed by atoms with van der Waals surface area (Å²) in [4.78, 5) is 45.8. The van der Waals surface area contributed by atoms with Crippen molar-refractivity contribution in [1.29, 1.82) is 0 Å². The van der Waals surface area contributed by atoms with Gasteiger partial charge < -0.3 is 20.2 Å². The molecule has 2 N–H and O–H groups in total. The van der Waals surface area contributed by atoms with Gasteiger partial charge >= 0.3 is 0 Å². The molecule has 2 rings (SSSR count). The highest BCUT2D eigenvalue weighted by Gasteiger charge is 2.36. The van der Waals surface area contributed by atoms with Crippen LogP contribution in [0.1, 0.15) is 80.6 Å². The Morgan fingerprint density at radius 1 is 1.00 bits per heavy atom. The van der Waals surface area contributed by atoms with Crippen molar-refractivity contribution in [2.75, 3.05) is 26.7 Å². The average molecular weight is 507 g/mol. The van der Waals surface area contributed by atoms with Crippen LogP contribution >= 0.6 is 0 Å². The summed E-state index contributed by atoms with van der Waals surface area (Å²) in [6.07, 6.45) is 6.49. The second-order valence-electron chi connectivity index (χ2n) is 11.6. The molecule has 2 aliphatic rings. The molecule has 36 heavy (non-hydrogen) atoms. The molecular weight excluding hydrogens is 456 g/mol. The van der Waals surface area contributed by atoms with Gasteiger partial charge in [-0.1, -0.05) is 40.2 Å². The van der Waals surface area contributed by atoms with Crippen LogP contribution in [0.2, 0.25) is 0 Å². The van der Waals surface area contributed by atoms with E-state index < -0.39 is 6.04 Å². The molecule has 3 amide bonds. The molecule has 2 aliphatic heterocycles. The minimum absolute atomic E-state index is 0.0317. The van der Waals surface area contributed by atoms with Gasteiger partial charge in [-0.05, 0) is 64.8 Å². The van der Waals surface area contributed by atoms with Crippen molar-refractivity contribution in [3.8, 4) is 0 Å². The highest BCUT2D eigenvalue weighted by atomic mass is 16.3. The number of hydrogen-bond donors (Lipinski definition) is 2. The van der Waals surface area contributed by atoms with Crippen LogP contribution in [0, 0.1) is 11.8 Å². The second-order valence-corrected chi connectivity index (χ2v) is 11.6. The first kappa shape index (κ1) is 30.3. The number of hydrogen-bond acceptors (Lipinski definition) is 5. The van der Waals surface area contributed by atoms with Gasteiger partial charge in [0.1, 0.15) is 6.04 Å². The molecule has 8 nitrogen and oxygen atoms in total. The number of amides is 3. The fraction of sp³-hybridized carbons (Fsp3) is 0.821. The van der Waals surface area contributed by atoms with Crippen LogP contribution in [0.15, 0.2) is 11.6 Å². The smallest absolute Gasteiger partial charge is 0.249 e. The lowest BCUT2D eigenvalue weighted by Crippen LogP contribution is -2.58. The van der Waals surface area contributed by atoms with Gasteiger partial charge in [-0.2, -0.15) is 0 Å². The standard InChI is InChI=1S/C28H50N4O4/c1-18(2)24(16-21(7)27(35)32-15-11-12-22(32)17-33)30(8)28(36)25(19(3)4)29-26(34)23-13-9-10-14-31(23)20(5)6/h16,18-20,22-25,33H,9-15,17H2,1-8H3,(H,29,34)/b21-16+/t22-,23+,24+,25-/m0/s1. The molecule has 0 aromatic rings. The summed E-state index contributed by atoms with van der Waals surface area (Å²) in [6.45, 7) is 15.5. The number of rotatable bonds is 10. The Morgan fingerprint density at radius 3 is 2.22 bits per heavy atom. The Labute approximate surface area is 218 Å². The van der Waals surface area contributed by atoms with Gasteiger partial charge in [-0.15, -0.1) is 0 Å². The highest BCUT2D eigenvalue weighted by molar-refractivity contribution is 5.94. The maximum absolute atomic E-state index is 13.7. The van der Waals surface area contributed by atoms with Crippen LogP contribution in [0.5, 0.6) is 0 Å². The van der Waals surface area contributed by atoms with Crippen molar-refractivity contribution in [2.45, 2.75) is 111 Å². The summed E-state index contributed by atoms with van der Waals surface area (Å²) in [6, 6.07) is -1.01. The number of carbonyl (C=O) groups excluding carboxylic acids is 3. The molecule has 206 valence electrons. The first-order chi connectivity index (χ1) is 16.9. The first-order valence-corrected chi connectivity index (χ1v) is 13.8. The van der Waals surface area contributed by atoms with E-state index in [1.54, 1.807) is 23.8 Å². The number of likely N-dealkylation sites (tertiary alicyclic amines) is 2. The fourth-order valence-corrected chi connectivity index (χ4v) is 5.58. The second kappa shape index (κ2) is 13.6. The van der Waals surface area contributed by atoms with E-state index in [-0.39, 0.29) is 60.3 Å². The van der Waals surface area contributed by atoms with E-state index in [0.717, 1.165) is 38.6 Å². The molecule has 0 aromatic heterocycles. The van der Waals surface area contributed by atoms with Crippen molar-refractivity contribution in [3.05, 3.63) is 11.6 Å². The highest BCUT2D eigenvalue weighted by Crippen LogP contribution is 2.23. The lowest BCUT2D eigenvalue weighted by atomic mass is 9.95. The lowest BCUT2D eigenvalue weighted by Gasteiger charge is -2.39. The zero-order chi connectivity index (χ0) is 27.2. The molecule has 0 radical (unpaired) electrons. The number of piperidine rings is 1. The molecule has 0 spiro atoms. The minimum atomic E-state index is -0.638. The summed E-state index contributed by atoms with van der Waals surface area (Å²) >= 11 is 0. The maximum Gasteiger partial charge on any atom is 0.249 e. The normalized spacial score (nSPS) is 23.3. The number of aliphatic hydroxyl groups excluding tert-OH is 1. The van der Waals surface area contributed by atoms with Crippen molar-refractivity contribution in [1.82, 2.24) is 20.0 Å². The largest absolute Gasteiger partial charge is 0.394 e. The Bertz CT molecular complexity index is 794. The third kappa shape index (κ3) is 7.31. The Balaban J connectivity index is 2.19. The molecule has 0 bridgehead atoms. The van der Waals surface area contributed by atoms with E-state index >= 15 is 0 Å². The van der Waals surface area contributed by atoms with E-state index in [2.05, 4.69) is 24.1 Å². The number of likely N-dealkylation sites (N-methyl/N-ethyl adjacent to an activating group) is 1. The monoisotopic (exact) mass is 506 g/mol. The number of carbonyl (C=O) groups is 3. The minimum Gasteiger partial charge on any atom is -0.394 e. The third-order valence-corrected chi connectivity index (χ3v) is 7.83. The van der Waals surface area contributed by atoms with E-state index in [1.807, 2.05) is 33.8 Å². The quantitative estimate of drug-likeness (QED) is 0.445. The third-order valence-electron chi connectivity index (χ3n) is 7.83. The number of aliphatic hydroxyl groups is 1. The van der Waals surface area contributed by atoms with Gasteiger partial charge in [0, 0.05) is 25.2 Å². The van der Waals surface area contributed by atoms with Gasteiger partial charge in [-0.3, -0.25) is 19.3 Å². The summed E-state index contributed by atoms with van der Waals surface area (Å²) in [5.41, 5.74) is 0.577. The molecule has 2 fully saturated rings. The van der Waals surface area contributed by atoms with Crippen LogP contribution in [0.25, 0.3) is 0 Å². The van der Waals surface area contributed by atoms with Crippen molar-refractivity contribution < 1.29 is 19.5 Å². The van der Waals surface area contributed by atoms with Gasteiger partial charge in [0.15, 0.2) is 0 Å². The zero-order valence-electron chi connectivity index (χ0n) is 23.8. The summed E-state index contributed by atoms with van der Waals surface area (Å²) in [5, 5.41) is 12.7. The van der Waals surface area contributed by atoms with Gasteiger partial charge in [0.25, 0.3) is 0 Å². The van der Waals surface area contributed by atoms with Gasteiger partial charge in [-0.25, -0.2) is 0 Å². The van der Waals surface area contributed by atoms with Crippen LogP contribution in [0.3, 0.4) is 0 Å². The maximum atomic E-state index is 13.7. The first-order valence-electron chi connectivity index (χ1n) is 13.8. The molecule has 2 saturated heterocycles. The SMILES string of the molecule is C/C(=C\[C@H](C(C)C)N(C)C(=O)[C@@H](NC(=O)[C@H]1CCCCN1C(C)C)C(C)C)C(=O)N1CCC[C@H]1CO. The van der Waals surface area contributed by atoms with Gasteiger partial charge in [0.05, 0.1) is 24.7 Å². The molecule has 8 heteroatoms. The van der Waals surface area contributed by atoms with Crippen molar-refractivity contribution >= 4 is 17.7 Å². The molecule has 4 atom stereocenters. The molecule has 0 aromatic carbocycles. The predicted molar refractivity (Wildman–Crippen MR) is 143 cm³/mol. The number of nitrogens with zero attached hydrogens (tertiary/aromatic N) is 3. The predicted octanol–water partition coefficient (Wildman–Crippen LogP) is 2.80. The van der Waals surface area contributed by atoms with Crippen LogP contribution in [-0.4, -0.2) is 94.5 Å². The zero-order valence-corrected chi connectivity index (χ0v) is 23.8. The molecule has 0 saturated carbocycles. The van der Waals surface area contributed by atoms with Crippen molar-refractivity contribution in [3.63, 3.8) is 0 Å². The molecular formula is C28H50N4O4. The van der Waals surface area contributed by atoms with E-state index in [9.17, 15) is 19.5 Å². The van der Waals surface area contributed by atoms with Crippen LogP contribution in [-0.2, 0) is 14.4 Å². The average Bonchev–Trinajstić information content (AvgIpc) is 3.32. The summed E-state index contributed by atoms with van der Waals surface area (Å²) < 4.78 is 0. The summed E-state index contributed by atoms with van der Waals surface area (Å²) in [5.74, 6) is -0.301. The van der Waals surface area contributed by atoms with E-state index in [1.165, 1.54) is 0 Å². The van der Waals surface area contributed by atoms with Crippen molar-refractivity contribution in [2.24, 2.45) is 11.8 Å². The Morgan fingerprint density at radius 2 is 1.67 bits per heavy atom. The van der Waals surface area contributed by atoms with E-state index in [4.69, 9.17) is 0 Å². The fourth-order valence-electron chi connectivity index (χ4n) is 5.58. The summed E-state index contributed by atoms with van der Waals surface area (Å²) in [7, 11) is 1.76.